The summed E-state index contributed by atoms with van der Waals surface area (Å²) in [6.45, 7) is 6.87. The van der Waals surface area contributed by atoms with Crippen LogP contribution in [-0.4, -0.2) is 50.5 Å². The second kappa shape index (κ2) is 7.02. The summed E-state index contributed by atoms with van der Waals surface area (Å²) in [4.78, 5) is 24.4. The molecule has 1 aromatic heterocycles. The van der Waals surface area contributed by atoms with E-state index in [-0.39, 0.29) is 18.6 Å². The van der Waals surface area contributed by atoms with Gasteiger partial charge in [-0.2, -0.15) is 5.10 Å². The summed E-state index contributed by atoms with van der Waals surface area (Å²) < 4.78 is 7.28. The van der Waals surface area contributed by atoms with Gasteiger partial charge in [0.1, 0.15) is 5.60 Å². The zero-order valence-electron chi connectivity index (χ0n) is 14.0. The number of aryl methyl sites for hydroxylation is 1. The smallest absolute Gasteiger partial charge is 0.410 e. The number of aliphatic carboxylic acids is 1. The van der Waals surface area contributed by atoms with Gasteiger partial charge >= 0.3 is 12.1 Å². The molecule has 0 radical (unpaired) electrons. The number of likely N-dealkylation sites (tertiary alicyclic amines) is 1. The van der Waals surface area contributed by atoms with Gasteiger partial charge in [0.15, 0.2) is 0 Å². The Balaban J connectivity index is 1.84. The number of ether oxygens (including phenoxy) is 1. The van der Waals surface area contributed by atoms with Crippen molar-refractivity contribution in [1.29, 1.82) is 0 Å². The second-order valence-electron chi connectivity index (χ2n) is 6.92. The first-order valence-electron chi connectivity index (χ1n) is 7.97. The number of rotatable bonds is 4. The molecule has 1 saturated heterocycles. The predicted octanol–water partition coefficient (Wildman–Crippen LogP) is 2.47. The lowest BCUT2D eigenvalue weighted by Gasteiger charge is -2.33. The third-order valence-corrected chi connectivity index (χ3v) is 3.77. The highest BCUT2D eigenvalue weighted by Crippen LogP contribution is 2.23. The molecule has 0 aliphatic carbocycles. The first-order valence-corrected chi connectivity index (χ1v) is 7.97. The van der Waals surface area contributed by atoms with Crippen LogP contribution in [0.25, 0.3) is 0 Å². The Morgan fingerprint density at radius 1 is 1.35 bits per heavy atom. The Morgan fingerprint density at radius 3 is 2.57 bits per heavy atom. The van der Waals surface area contributed by atoms with Crippen molar-refractivity contribution >= 4 is 12.1 Å². The van der Waals surface area contributed by atoms with Gasteiger partial charge in [-0.25, -0.2) is 4.79 Å². The lowest BCUT2D eigenvalue weighted by atomic mass is 10.1. The van der Waals surface area contributed by atoms with Gasteiger partial charge in [-0.1, -0.05) is 0 Å². The van der Waals surface area contributed by atoms with Gasteiger partial charge in [-0.15, -0.1) is 0 Å². The van der Waals surface area contributed by atoms with Crippen LogP contribution in [0.3, 0.4) is 0 Å². The van der Waals surface area contributed by atoms with E-state index in [0.29, 0.717) is 19.5 Å². The van der Waals surface area contributed by atoms with Gasteiger partial charge in [0.2, 0.25) is 0 Å². The van der Waals surface area contributed by atoms with Crippen molar-refractivity contribution in [2.45, 2.75) is 58.1 Å². The molecular weight excluding hydrogens is 298 g/mol. The van der Waals surface area contributed by atoms with E-state index in [2.05, 4.69) is 5.10 Å². The maximum Gasteiger partial charge on any atom is 0.410 e. The normalized spacial score (nSPS) is 16.4. The standard InChI is InChI=1S/C16H25N3O4/c1-16(2,3)23-15(22)18-8-6-13(7-9-18)19-11-12(10-17-19)4-5-14(20)21/h10-11,13H,4-9H2,1-3H3,(H,20,21). The van der Waals surface area contributed by atoms with Gasteiger partial charge in [-0.3, -0.25) is 9.48 Å². The van der Waals surface area contributed by atoms with Gasteiger partial charge in [0.05, 0.1) is 12.2 Å². The Morgan fingerprint density at radius 2 is 2.00 bits per heavy atom. The Hall–Kier alpha value is -2.05. The minimum Gasteiger partial charge on any atom is -0.481 e. The van der Waals surface area contributed by atoms with Gasteiger partial charge in [0, 0.05) is 25.7 Å². The average Bonchev–Trinajstić information content (AvgIpc) is 2.92. The number of hydrogen-bond acceptors (Lipinski definition) is 4. The summed E-state index contributed by atoms with van der Waals surface area (Å²) in [5, 5.41) is 13.1. The molecule has 128 valence electrons. The molecule has 1 aliphatic rings. The van der Waals surface area contributed by atoms with Crippen molar-refractivity contribution in [3.05, 3.63) is 18.0 Å². The number of carbonyl (C=O) groups excluding carboxylic acids is 1. The molecule has 1 N–H and O–H groups in total. The summed E-state index contributed by atoms with van der Waals surface area (Å²) >= 11 is 0. The fraction of sp³-hybridized carbons (Fsp3) is 0.688. The van der Waals surface area contributed by atoms with Crippen LogP contribution >= 0.6 is 0 Å². The number of nitrogens with zero attached hydrogens (tertiary/aromatic N) is 3. The van der Waals surface area contributed by atoms with Gasteiger partial charge < -0.3 is 14.7 Å². The quantitative estimate of drug-likeness (QED) is 0.920. The lowest BCUT2D eigenvalue weighted by Crippen LogP contribution is -2.42. The maximum absolute atomic E-state index is 12.0. The van der Waals surface area contributed by atoms with Crippen molar-refractivity contribution in [1.82, 2.24) is 14.7 Å². The molecule has 0 spiro atoms. The first-order chi connectivity index (χ1) is 10.7. The molecule has 1 amide bonds. The topological polar surface area (TPSA) is 84.7 Å². The zero-order chi connectivity index (χ0) is 17.0. The molecule has 7 nitrogen and oxygen atoms in total. The number of hydrogen-bond donors (Lipinski definition) is 1. The van der Waals surface area contributed by atoms with E-state index in [9.17, 15) is 9.59 Å². The van der Waals surface area contributed by atoms with Crippen molar-refractivity contribution in [2.24, 2.45) is 0 Å². The summed E-state index contributed by atoms with van der Waals surface area (Å²) in [6.07, 6.45) is 5.62. The number of aromatic nitrogens is 2. The molecule has 1 aromatic rings. The number of piperidine rings is 1. The molecule has 0 unspecified atom stereocenters. The lowest BCUT2D eigenvalue weighted by molar-refractivity contribution is -0.136. The Bertz CT molecular complexity index is 554. The van der Waals surface area contributed by atoms with E-state index >= 15 is 0 Å². The number of carboxylic acid groups (broad SMARTS) is 1. The Labute approximate surface area is 136 Å². The number of amides is 1. The average molecular weight is 323 g/mol. The molecule has 1 fully saturated rings. The fourth-order valence-corrected chi connectivity index (χ4v) is 2.60. The molecule has 2 rings (SSSR count). The van der Waals surface area contributed by atoms with Crippen LogP contribution in [-0.2, 0) is 16.0 Å². The molecule has 2 heterocycles. The fourth-order valence-electron chi connectivity index (χ4n) is 2.60. The largest absolute Gasteiger partial charge is 0.481 e. The van der Waals surface area contributed by atoms with Crippen molar-refractivity contribution in [3.63, 3.8) is 0 Å². The van der Waals surface area contributed by atoms with Gasteiger partial charge in [-0.05, 0) is 45.6 Å². The Kier molecular flexibility index (Phi) is 5.28. The van der Waals surface area contributed by atoms with Crippen LogP contribution in [0.15, 0.2) is 12.4 Å². The highest BCUT2D eigenvalue weighted by Gasteiger charge is 2.27. The molecule has 0 aromatic carbocycles. The monoisotopic (exact) mass is 323 g/mol. The molecule has 1 aliphatic heterocycles. The highest BCUT2D eigenvalue weighted by atomic mass is 16.6. The van der Waals surface area contributed by atoms with Gasteiger partial charge in [0.25, 0.3) is 0 Å². The van der Waals surface area contributed by atoms with Crippen LogP contribution in [0.1, 0.15) is 51.6 Å². The van der Waals surface area contributed by atoms with Crippen molar-refractivity contribution in [3.8, 4) is 0 Å². The SMILES string of the molecule is CC(C)(C)OC(=O)N1CCC(n2cc(CCC(=O)O)cn2)CC1. The van der Waals surface area contributed by atoms with Crippen LogP contribution in [0.4, 0.5) is 4.79 Å². The highest BCUT2D eigenvalue weighted by molar-refractivity contribution is 5.68. The van der Waals surface area contributed by atoms with Crippen LogP contribution in [0, 0.1) is 0 Å². The molecule has 0 saturated carbocycles. The molecule has 0 bridgehead atoms. The van der Waals surface area contributed by atoms with E-state index in [1.807, 2.05) is 31.6 Å². The minimum atomic E-state index is -0.802. The summed E-state index contributed by atoms with van der Waals surface area (Å²) in [5.41, 5.74) is 0.455. The second-order valence-corrected chi connectivity index (χ2v) is 6.92. The van der Waals surface area contributed by atoms with Crippen molar-refractivity contribution < 1.29 is 19.4 Å². The third-order valence-electron chi connectivity index (χ3n) is 3.77. The molecular formula is C16H25N3O4. The number of carbonyl (C=O) groups is 2. The van der Waals surface area contributed by atoms with E-state index in [1.54, 1.807) is 11.1 Å². The van der Waals surface area contributed by atoms with E-state index in [0.717, 1.165) is 18.4 Å². The predicted molar refractivity (Wildman–Crippen MR) is 84.3 cm³/mol. The molecule has 0 atom stereocenters. The number of carboxylic acids is 1. The summed E-state index contributed by atoms with van der Waals surface area (Å²) in [6, 6.07) is 0.243. The third kappa shape index (κ3) is 5.26. The van der Waals surface area contributed by atoms with Crippen LogP contribution < -0.4 is 0 Å². The summed E-state index contributed by atoms with van der Waals surface area (Å²) in [5.74, 6) is -0.802. The van der Waals surface area contributed by atoms with Crippen molar-refractivity contribution in [2.75, 3.05) is 13.1 Å². The van der Waals surface area contributed by atoms with E-state index in [1.165, 1.54) is 0 Å². The minimum absolute atomic E-state index is 0.114. The van der Waals surface area contributed by atoms with Crippen LogP contribution in [0.2, 0.25) is 0 Å². The van der Waals surface area contributed by atoms with E-state index in [4.69, 9.17) is 9.84 Å². The zero-order valence-corrected chi connectivity index (χ0v) is 14.0. The summed E-state index contributed by atoms with van der Waals surface area (Å²) in [7, 11) is 0. The first kappa shape index (κ1) is 17.3. The molecule has 23 heavy (non-hydrogen) atoms. The molecule has 7 heteroatoms. The van der Waals surface area contributed by atoms with Crippen LogP contribution in [0.5, 0.6) is 0 Å². The van der Waals surface area contributed by atoms with E-state index < -0.39 is 11.6 Å². The maximum atomic E-state index is 12.0.